The fourth-order valence-corrected chi connectivity index (χ4v) is 5.63. The molecule has 3 fully saturated rings. The molecule has 3 rings (SSSR count). The van der Waals surface area contributed by atoms with E-state index in [1.54, 1.807) is 6.92 Å². The summed E-state index contributed by atoms with van der Waals surface area (Å²) in [7, 11) is 0. The molecule has 3 N–H and O–H groups in total. The first-order valence-electron chi connectivity index (χ1n) is 12.0. The zero-order valence-electron chi connectivity index (χ0n) is 19.5. The average Bonchev–Trinajstić information content (AvgIpc) is 3.45. The largest absolute Gasteiger partial charge is 0.381 e. The van der Waals surface area contributed by atoms with Crippen molar-refractivity contribution in [1.82, 2.24) is 21.0 Å². The molecule has 4 atom stereocenters. The molecule has 11 nitrogen and oxygen atoms in total. The molecule has 5 amide bonds. The number of nitrogens with one attached hydrogen (secondary N) is 3. The number of urea groups is 1. The van der Waals surface area contributed by atoms with Gasteiger partial charge in [-0.05, 0) is 25.7 Å². The second-order valence-electron chi connectivity index (χ2n) is 8.87. The second-order valence-corrected chi connectivity index (χ2v) is 10.1. The van der Waals surface area contributed by atoms with E-state index in [0.29, 0.717) is 49.3 Å². The maximum Gasteiger partial charge on any atom is 0.336 e. The Hall–Kier alpha value is -2.34. The van der Waals surface area contributed by atoms with Crippen LogP contribution in [0.2, 0.25) is 0 Å². The minimum Gasteiger partial charge on any atom is -0.381 e. The van der Waals surface area contributed by atoms with Gasteiger partial charge in [0.15, 0.2) is 0 Å². The molecular weight excluding hydrogens is 464 g/mol. The zero-order valence-corrected chi connectivity index (χ0v) is 20.3. The zero-order chi connectivity index (χ0) is 24.5. The summed E-state index contributed by atoms with van der Waals surface area (Å²) < 4.78 is 5.50. The van der Waals surface area contributed by atoms with Crippen molar-refractivity contribution in [3.8, 4) is 0 Å². The van der Waals surface area contributed by atoms with Crippen LogP contribution in [0.1, 0.15) is 58.3 Å². The standard InChI is InChI=1S/C22H34N4O7S/c1-14(21(30)33-26-18(28)7-8-19(26)29)9-12-32-11-4-10-23-17(27)6-3-2-5-16-20-15(13-34-16)24-22(31)25-20/h14-16,20H,2-13H2,1H3,(H,23,27)(H2,24,25,31). The third kappa shape index (κ3) is 7.59. The van der Waals surface area contributed by atoms with Gasteiger partial charge in [-0.3, -0.25) is 14.4 Å². The van der Waals surface area contributed by atoms with E-state index in [4.69, 9.17) is 9.57 Å². The van der Waals surface area contributed by atoms with E-state index in [2.05, 4.69) is 16.0 Å². The van der Waals surface area contributed by atoms with Gasteiger partial charge in [-0.2, -0.15) is 11.8 Å². The van der Waals surface area contributed by atoms with Gasteiger partial charge >= 0.3 is 12.0 Å². The number of ether oxygens (including phenoxy) is 1. The first kappa shape index (κ1) is 26.3. The molecule has 34 heavy (non-hydrogen) atoms. The minimum absolute atomic E-state index is 0.0233. The molecular formula is C22H34N4O7S. The molecule has 3 aliphatic rings. The highest BCUT2D eigenvalue weighted by Crippen LogP contribution is 2.33. The number of unbranched alkanes of at least 4 members (excludes halogenated alkanes) is 1. The van der Waals surface area contributed by atoms with Crippen LogP contribution in [0.25, 0.3) is 0 Å². The molecule has 0 bridgehead atoms. The maximum absolute atomic E-state index is 12.0. The van der Waals surface area contributed by atoms with Crippen LogP contribution < -0.4 is 16.0 Å². The highest BCUT2D eigenvalue weighted by Gasteiger charge is 2.42. The van der Waals surface area contributed by atoms with E-state index in [0.717, 1.165) is 25.0 Å². The molecule has 0 aromatic rings. The predicted octanol–water partition coefficient (Wildman–Crippen LogP) is 0.869. The average molecular weight is 499 g/mol. The van der Waals surface area contributed by atoms with Gasteiger partial charge < -0.3 is 25.5 Å². The fraction of sp³-hybridized carbons (Fsp3) is 0.773. The summed E-state index contributed by atoms with van der Waals surface area (Å²) in [6.07, 6.45) is 4.45. The van der Waals surface area contributed by atoms with Crippen molar-refractivity contribution in [1.29, 1.82) is 0 Å². The highest BCUT2D eigenvalue weighted by atomic mass is 32.2. The van der Waals surface area contributed by atoms with Crippen LogP contribution >= 0.6 is 11.8 Å². The Bertz CT molecular complexity index is 764. The van der Waals surface area contributed by atoms with Crippen LogP contribution in [0.5, 0.6) is 0 Å². The van der Waals surface area contributed by atoms with Gasteiger partial charge in [0.1, 0.15) is 0 Å². The number of imide groups is 1. The summed E-state index contributed by atoms with van der Waals surface area (Å²) >= 11 is 1.88. The first-order chi connectivity index (χ1) is 16.3. The van der Waals surface area contributed by atoms with Crippen molar-refractivity contribution in [2.24, 2.45) is 5.92 Å². The van der Waals surface area contributed by atoms with E-state index in [1.807, 2.05) is 11.8 Å². The lowest BCUT2D eigenvalue weighted by atomic mass is 10.0. The maximum atomic E-state index is 12.0. The number of rotatable bonds is 14. The quantitative estimate of drug-likeness (QED) is 0.182. The molecule has 0 aliphatic carbocycles. The Morgan fingerprint density at radius 3 is 2.65 bits per heavy atom. The minimum atomic E-state index is -0.629. The van der Waals surface area contributed by atoms with Crippen LogP contribution in [-0.4, -0.2) is 77.6 Å². The molecule has 0 aromatic heterocycles. The van der Waals surface area contributed by atoms with E-state index in [-0.39, 0.29) is 36.9 Å². The van der Waals surface area contributed by atoms with E-state index in [9.17, 15) is 24.0 Å². The van der Waals surface area contributed by atoms with E-state index >= 15 is 0 Å². The molecule has 12 heteroatoms. The summed E-state index contributed by atoms with van der Waals surface area (Å²) in [4.78, 5) is 63.2. The van der Waals surface area contributed by atoms with Crippen molar-refractivity contribution in [3.63, 3.8) is 0 Å². The molecule has 190 valence electrons. The topological polar surface area (TPSA) is 143 Å². The Balaban J connectivity index is 1.13. The number of fused-ring (bicyclic) bond motifs is 1. The molecule has 0 aromatic carbocycles. The lowest BCUT2D eigenvalue weighted by Crippen LogP contribution is -2.36. The summed E-state index contributed by atoms with van der Waals surface area (Å²) in [6.45, 7) is 2.96. The van der Waals surface area contributed by atoms with Gasteiger partial charge in [0.05, 0.1) is 18.0 Å². The summed E-state index contributed by atoms with van der Waals surface area (Å²) in [5.41, 5.74) is 0. The van der Waals surface area contributed by atoms with Gasteiger partial charge in [-0.15, -0.1) is 5.06 Å². The van der Waals surface area contributed by atoms with Crippen molar-refractivity contribution in [2.45, 2.75) is 75.6 Å². The molecule has 3 saturated heterocycles. The van der Waals surface area contributed by atoms with E-state index < -0.39 is 23.7 Å². The predicted molar refractivity (Wildman–Crippen MR) is 123 cm³/mol. The van der Waals surface area contributed by atoms with Gasteiger partial charge in [0.2, 0.25) is 5.91 Å². The third-order valence-corrected chi connectivity index (χ3v) is 7.66. The van der Waals surface area contributed by atoms with Crippen molar-refractivity contribution >= 4 is 41.5 Å². The van der Waals surface area contributed by atoms with Crippen molar-refractivity contribution in [2.75, 3.05) is 25.5 Å². The smallest absolute Gasteiger partial charge is 0.336 e. The lowest BCUT2D eigenvalue weighted by Gasteiger charge is -2.16. The number of carbonyl (C=O) groups is 5. The fourth-order valence-electron chi connectivity index (χ4n) is 4.08. The Kier molecular flexibility index (Phi) is 10.00. The Labute approximate surface area is 203 Å². The number of nitrogens with zero attached hydrogens (tertiary/aromatic N) is 1. The number of hydrogen-bond donors (Lipinski definition) is 3. The van der Waals surface area contributed by atoms with Crippen LogP contribution in [-0.2, 0) is 28.8 Å². The molecule has 0 radical (unpaired) electrons. The number of thioether (sulfide) groups is 1. The third-order valence-electron chi connectivity index (χ3n) is 6.15. The SMILES string of the molecule is CC(CCOCCCNC(=O)CCCCC1SCC2NC(=O)NC21)C(=O)ON1C(=O)CCC1=O. The van der Waals surface area contributed by atoms with Gasteiger partial charge in [0.25, 0.3) is 11.8 Å². The van der Waals surface area contributed by atoms with Crippen molar-refractivity contribution < 1.29 is 33.5 Å². The molecule has 4 unspecified atom stereocenters. The summed E-state index contributed by atoms with van der Waals surface area (Å²) in [5.74, 6) is -1.15. The van der Waals surface area contributed by atoms with Crippen LogP contribution in [0.3, 0.4) is 0 Å². The Morgan fingerprint density at radius 1 is 1.12 bits per heavy atom. The molecule has 0 spiro atoms. The molecule has 3 aliphatic heterocycles. The summed E-state index contributed by atoms with van der Waals surface area (Å²) in [6, 6.07) is 0.364. The second kappa shape index (κ2) is 12.9. The van der Waals surface area contributed by atoms with Gasteiger partial charge in [-0.1, -0.05) is 13.3 Å². The molecule has 3 heterocycles. The number of hydroxylamine groups is 2. The normalized spacial score (nSPS) is 24.6. The van der Waals surface area contributed by atoms with Gasteiger partial charge in [0, 0.05) is 50.0 Å². The number of amides is 5. The van der Waals surface area contributed by atoms with Crippen LogP contribution in [0.15, 0.2) is 0 Å². The van der Waals surface area contributed by atoms with Gasteiger partial charge in [-0.25, -0.2) is 9.59 Å². The first-order valence-corrected chi connectivity index (χ1v) is 13.0. The van der Waals surface area contributed by atoms with Crippen LogP contribution in [0.4, 0.5) is 4.79 Å². The van der Waals surface area contributed by atoms with E-state index in [1.165, 1.54) is 0 Å². The van der Waals surface area contributed by atoms with Crippen molar-refractivity contribution in [3.05, 3.63) is 0 Å². The number of hydrogen-bond acceptors (Lipinski definition) is 8. The Morgan fingerprint density at radius 2 is 1.88 bits per heavy atom. The molecule has 0 saturated carbocycles. The monoisotopic (exact) mass is 498 g/mol. The lowest BCUT2D eigenvalue weighted by molar-refractivity contribution is -0.200. The van der Waals surface area contributed by atoms with Crippen LogP contribution in [0, 0.1) is 5.92 Å². The number of carbonyl (C=O) groups excluding carboxylic acids is 5. The highest BCUT2D eigenvalue weighted by molar-refractivity contribution is 8.00. The summed E-state index contributed by atoms with van der Waals surface area (Å²) in [5, 5.41) is 9.77.